The van der Waals surface area contributed by atoms with Crippen LogP contribution in [0.5, 0.6) is 0 Å². The number of piperazine rings is 1. The zero-order chi connectivity index (χ0) is 13.3. The number of nitrogens with zero attached hydrogens (tertiary/aromatic N) is 4. The van der Waals surface area contributed by atoms with Crippen LogP contribution < -0.4 is 4.90 Å². The van der Waals surface area contributed by atoms with Crippen LogP contribution in [-0.2, 0) is 10.0 Å². The molecular weight excluding hydrogens is 320 g/mol. The van der Waals surface area contributed by atoms with Gasteiger partial charge in [-0.2, -0.15) is 4.31 Å². The Hall–Kier alpha value is -0.730. The molecule has 0 bridgehead atoms. The van der Waals surface area contributed by atoms with Crippen molar-refractivity contribution in [2.45, 2.75) is 6.92 Å². The number of sulfonamides is 1. The third-order valence-corrected chi connectivity index (χ3v) is 4.53. The maximum Gasteiger partial charge on any atom is 0.211 e. The van der Waals surface area contributed by atoms with Crippen molar-refractivity contribution in [3.05, 3.63) is 16.5 Å². The number of halogens is 1. The van der Waals surface area contributed by atoms with Gasteiger partial charge in [-0.15, -0.1) is 0 Å². The molecule has 0 aromatic carbocycles. The highest BCUT2D eigenvalue weighted by molar-refractivity contribution is 9.10. The fraction of sp³-hybridized carbons (Fsp3) is 0.600. The number of rotatable bonds is 2. The maximum absolute atomic E-state index is 11.4. The monoisotopic (exact) mass is 334 g/mol. The molecule has 1 aliphatic rings. The molecular formula is C10H15BrN4O2S. The standard InChI is InChI=1S/C10H15BrN4O2S/c1-8-12-9(11)7-10(13-8)14-3-5-15(6-4-14)18(2,16)17/h7H,3-6H2,1-2H3. The molecule has 18 heavy (non-hydrogen) atoms. The molecule has 0 atom stereocenters. The van der Waals surface area contributed by atoms with Gasteiger partial charge in [0.25, 0.3) is 0 Å². The SMILES string of the molecule is Cc1nc(Br)cc(N2CCN(S(C)(=O)=O)CC2)n1. The lowest BCUT2D eigenvalue weighted by atomic mass is 10.3. The van der Waals surface area contributed by atoms with E-state index in [4.69, 9.17) is 0 Å². The van der Waals surface area contributed by atoms with Crippen molar-refractivity contribution < 1.29 is 8.42 Å². The van der Waals surface area contributed by atoms with Gasteiger partial charge < -0.3 is 4.90 Å². The average molecular weight is 335 g/mol. The Balaban J connectivity index is 2.10. The fourth-order valence-electron chi connectivity index (χ4n) is 1.93. The van der Waals surface area contributed by atoms with E-state index in [9.17, 15) is 8.42 Å². The van der Waals surface area contributed by atoms with Gasteiger partial charge in [-0.25, -0.2) is 18.4 Å². The van der Waals surface area contributed by atoms with Gasteiger partial charge in [-0.05, 0) is 22.9 Å². The van der Waals surface area contributed by atoms with Crippen molar-refractivity contribution in [2.24, 2.45) is 0 Å². The average Bonchev–Trinajstić information content (AvgIpc) is 2.27. The van der Waals surface area contributed by atoms with Crippen LogP contribution >= 0.6 is 15.9 Å². The lowest BCUT2D eigenvalue weighted by Crippen LogP contribution is -2.48. The van der Waals surface area contributed by atoms with Gasteiger partial charge in [-0.3, -0.25) is 0 Å². The van der Waals surface area contributed by atoms with E-state index in [0.717, 1.165) is 10.4 Å². The number of hydrogen-bond acceptors (Lipinski definition) is 5. The first-order chi connectivity index (χ1) is 8.36. The Kier molecular flexibility index (Phi) is 3.88. The third-order valence-electron chi connectivity index (χ3n) is 2.82. The van der Waals surface area contributed by atoms with E-state index < -0.39 is 10.0 Å². The van der Waals surface area contributed by atoms with Gasteiger partial charge >= 0.3 is 0 Å². The lowest BCUT2D eigenvalue weighted by Gasteiger charge is -2.34. The predicted octanol–water partition coefficient (Wildman–Crippen LogP) is 0.629. The summed E-state index contributed by atoms with van der Waals surface area (Å²) in [6.45, 7) is 4.13. The van der Waals surface area contributed by atoms with Gasteiger partial charge in [0.05, 0.1) is 6.26 Å². The normalized spacial score (nSPS) is 18.1. The molecule has 1 aromatic heterocycles. The van der Waals surface area contributed by atoms with Crippen LogP contribution in [0, 0.1) is 6.92 Å². The summed E-state index contributed by atoms with van der Waals surface area (Å²) in [6, 6.07) is 1.85. The van der Waals surface area contributed by atoms with Gasteiger partial charge in [0, 0.05) is 32.2 Å². The number of hydrogen-bond donors (Lipinski definition) is 0. The second-order valence-corrected chi connectivity index (χ2v) is 7.04. The molecule has 0 aliphatic carbocycles. The van der Waals surface area contributed by atoms with Crippen molar-refractivity contribution in [1.82, 2.24) is 14.3 Å². The summed E-state index contributed by atoms with van der Waals surface area (Å²) >= 11 is 3.34. The number of aryl methyl sites for hydroxylation is 1. The second-order valence-electron chi connectivity index (χ2n) is 4.25. The molecule has 2 rings (SSSR count). The zero-order valence-corrected chi connectivity index (χ0v) is 12.7. The molecule has 1 saturated heterocycles. The van der Waals surface area contributed by atoms with Crippen LogP contribution in [0.3, 0.4) is 0 Å². The second kappa shape index (κ2) is 5.10. The summed E-state index contributed by atoms with van der Waals surface area (Å²) in [7, 11) is -3.08. The highest BCUT2D eigenvalue weighted by atomic mass is 79.9. The van der Waals surface area contributed by atoms with Crippen LogP contribution in [0.1, 0.15) is 5.82 Å². The van der Waals surface area contributed by atoms with Crippen LogP contribution in [0.4, 0.5) is 5.82 Å². The quantitative estimate of drug-likeness (QED) is 0.742. The van der Waals surface area contributed by atoms with Crippen molar-refractivity contribution >= 4 is 31.8 Å². The molecule has 0 N–H and O–H groups in total. The highest BCUT2D eigenvalue weighted by Gasteiger charge is 2.24. The number of aromatic nitrogens is 2. The molecule has 0 radical (unpaired) electrons. The van der Waals surface area contributed by atoms with Crippen LogP contribution in [0.2, 0.25) is 0 Å². The summed E-state index contributed by atoms with van der Waals surface area (Å²) in [5.41, 5.74) is 0. The first kappa shape index (κ1) is 13.7. The molecule has 1 aliphatic heterocycles. The Morgan fingerprint density at radius 3 is 2.33 bits per heavy atom. The zero-order valence-electron chi connectivity index (χ0n) is 10.3. The maximum atomic E-state index is 11.4. The Morgan fingerprint density at radius 1 is 1.22 bits per heavy atom. The van der Waals surface area contributed by atoms with E-state index in [0.29, 0.717) is 32.0 Å². The van der Waals surface area contributed by atoms with Crippen molar-refractivity contribution in [2.75, 3.05) is 37.3 Å². The minimum atomic E-state index is -3.08. The Labute approximate surface area is 115 Å². The molecule has 2 heterocycles. The summed E-state index contributed by atoms with van der Waals surface area (Å²) in [5.74, 6) is 1.53. The molecule has 1 aromatic rings. The lowest BCUT2D eigenvalue weighted by molar-refractivity contribution is 0.387. The summed E-state index contributed by atoms with van der Waals surface area (Å²) in [5, 5.41) is 0. The van der Waals surface area contributed by atoms with E-state index in [1.54, 1.807) is 0 Å². The van der Waals surface area contributed by atoms with Crippen molar-refractivity contribution in [1.29, 1.82) is 0 Å². The van der Waals surface area contributed by atoms with E-state index in [2.05, 4.69) is 30.8 Å². The molecule has 0 saturated carbocycles. The van der Waals surface area contributed by atoms with Gasteiger partial charge in [-0.1, -0.05) is 0 Å². The molecule has 8 heteroatoms. The van der Waals surface area contributed by atoms with E-state index >= 15 is 0 Å². The first-order valence-corrected chi connectivity index (χ1v) is 8.21. The molecule has 0 spiro atoms. The smallest absolute Gasteiger partial charge is 0.211 e. The first-order valence-electron chi connectivity index (χ1n) is 5.57. The largest absolute Gasteiger partial charge is 0.354 e. The van der Waals surface area contributed by atoms with Crippen molar-refractivity contribution in [3.8, 4) is 0 Å². The van der Waals surface area contributed by atoms with Gasteiger partial charge in [0.1, 0.15) is 16.2 Å². The van der Waals surface area contributed by atoms with Gasteiger partial charge in [0.15, 0.2) is 0 Å². The molecule has 1 fully saturated rings. The highest BCUT2D eigenvalue weighted by Crippen LogP contribution is 2.18. The summed E-state index contributed by atoms with van der Waals surface area (Å²) in [6.07, 6.45) is 1.24. The molecule has 6 nitrogen and oxygen atoms in total. The topological polar surface area (TPSA) is 66.4 Å². The van der Waals surface area contributed by atoms with Gasteiger partial charge in [0.2, 0.25) is 10.0 Å². The Morgan fingerprint density at radius 2 is 1.83 bits per heavy atom. The van der Waals surface area contributed by atoms with E-state index in [1.165, 1.54) is 10.6 Å². The van der Waals surface area contributed by atoms with E-state index in [-0.39, 0.29) is 0 Å². The van der Waals surface area contributed by atoms with Crippen LogP contribution in [0.25, 0.3) is 0 Å². The third kappa shape index (κ3) is 3.18. The minimum Gasteiger partial charge on any atom is -0.354 e. The molecule has 100 valence electrons. The fourth-order valence-corrected chi connectivity index (χ4v) is 3.22. The predicted molar refractivity (Wildman–Crippen MR) is 73.1 cm³/mol. The molecule has 0 unspecified atom stereocenters. The Bertz CT molecular complexity index is 521. The van der Waals surface area contributed by atoms with Crippen LogP contribution in [-0.4, -0.2) is 55.1 Å². The van der Waals surface area contributed by atoms with E-state index in [1.807, 2.05) is 13.0 Å². The van der Waals surface area contributed by atoms with Crippen molar-refractivity contribution in [3.63, 3.8) is 0 Å². The summed E-state index contributed by atoms with van der Waals surface area (Å²) < 4.78 is 25.1. The minimum absolute atomic E-state index is 0.500. The number of anilines is 1. The van der Waals surface area contributed by atoms with Crippen LogP contribution in [0.15, 0.2) is 10.7 Å². The molecule has 0 amide bonds. The summed E-state index contributed by atoms with van der Waals surface area (Å²) in [4.78, 5) is 10.6.